The molecule has 0 spiro atoms. The Labute approximate surface area is 290 Å². The summed E-state index contributed by atoms with van der Waals surface area (Å²) in [7, 11) is -4.34. The molecule has 1 unspecified atom stereocenters. The van der Waals surface area contributed by atoms with Crippen LogP contribution in [0.5, 0.6) is 5.88 Å². The molecule has 0 aromatic carbocycles. The van der Waals surface area contributed by atoms with Gasteiger partial charge in [0, 0.05) is 30.9 Å². The predicted octanol–water partition coefficient (Wildman–Crippen LogP) is 5.46. The lowest BCUT2D eigenvalue weighted by atomic mass is 9.93. The van der Waals surface area contributed by atoms with E-state index >= 15 is 0 Å². The van der Waals surface area contributed by atoms with Gasteiger partial charge in [-0.3, -0.25) is 4.79 Å². The Morgan fingerprint density at radius 3 is 2.52 bits per heavy atom. The highest BCUT2D eigenvalue weighted by molar-refractivity contribution is 7.90. The molecule has 1 atom stereocenters. The number of nitrogens with one attached hydrogen (secondary N) is 3. The lowest BCUT2D eigenvalue weighted by molar-refractivity contribution is -0.190. The molecule has 2 aliphatic heterocycles. The van der Waals surface area contributed by atoms with Crippen molar-refractivity contribution in [3.05, 3.63) is 48.2 Å². The summed E-state index contributed by atoms with van der Waals surface area (Å²) in [4.78, 5) is 25.0. The number of carbonyl (C=O) groups excluding carboxylic acids is 1. The SMILES string of the molecule is CC1(C)CC2CCCCNCCCCNc3cccc(n3)S(=O)(=O)NC(=O)c3ccc(-n4ccc(OCCC5(C(F)(F)F)CC5)n4)nc3N1C2. The molecule has 12 nitrogen and oxygen atoms in total. The molecule has 0 radical (unpaired) electrons. The first-order chi connectivity index (χ1) is 23.8. The number of halogens is 3. The van der Waals surface area contributed by atoms with Gasteiger partial charge in [-0.05, 0) is 108 Å². The van der Waals surface area contributed by atoms with Crippen molar-refractivity contribution in [2.24, 2.45) is 11.3 Å². The predicted molar refractivity (Wildman–Crippen MR) is 182 cm³/mol. The van der Waals surface area contributed by atoms with Crippen LogP contribution in [0.1, 0.15) is 82.0 Å². The van der Waals surface area contributed by atoms with Gasteiger partial charge in [0.1, 0.15) is 11.6 Å². The van der Waals surface area contributed by atoms with E-state index in [1.165, 1.54) is 16.8 Å². The summed E-state index contributed by atoms with van der Waals surface area (Å²) in [5.41, 5.74) is -2.01. The van der Waals surface area contributed by atoms with E-state index in [4.69, 9.17) is 9.72 Å². The average molecular weight is 719 g/mol. The number of aromatic nitrogens is 4. The third kappa shape index (κ3) is 8.17. The molecular formula is C34H45F3N8O4S. The van der Waals surface area contributed by atoms with E-state index < -0.39 is 33.1 Å². The zero-order valence-electron chi connectivity index (χ0n) is 28.4. The van der Waals surface area contributed by atoms with Gasteiger partial charge in [0.05, 0.1) is 17.6 Å². The van der Waals surface area contributed by atoms with Gasteiger partial charge < -0.3 is 20.3 Å². The van der Waals surface area contributed by atoms with E-state index in [2.05, 4.69) is 44.2 Å². The van der Waals surface area contributed by atoms with Gasteiger partial charge in [-0.2, -0.15) is 21.6 Å². The van der Waals surface area contributed by atoms with Crippen LogP contribution in [0.2, 0.25) is 0 Å². The number of hydrogen-bond acceptors (Lipinski definition) is 10. The number of rotatable bonds is 5. The Bertz CT molecular complexity index is 1780. The summed E-state index contributed by atoms with van der Waals surface area (Å²) in [6.07, 6.45) is 3.19. The van der Waals surface area contributed by atoms with Crippen LogP contribution in [0, 0.1) is 11.3 Å². The van der Waals surface area contributed by atoms with Crippen LogP contribution in [0.4, 0.5) is 24.8 Å². The Kier molecular flexibility index (Phi) is 10.3. The Morgan fingerprint density at radius 1 is 1.00 bits per heavy atom. The fourth-order valence-corrected chi connectivity index (χ4v) is 7.82. The van der Waals surface area contributed by atoms with Gasteiger partial charge in [-0.25, -0.2) is 19.4 Å². The first-order valence-corrected chi connectivity index (χ1v) is 18.8. The van der Waals surface area contributed by atoms with Gasteiger partial charge in [-0.1, -0.05) is 12.5 Å². The lowest BCUT2D eigenvalue weighted by Crippen LogP contribution is -2.41. The molecule has 5 heterocycles. The number of pyridine rings is 2. The molecule has 3 aromatic heterocycles. The van der Waals surface area contributed by atoms with Gasteiger partial charge >= 0.3 is 6.18 Å². The molecule has 1 saturated heterocycles. The van der Waals surface area contributed by atoms with E-state index in [1.807, 2.05) is 0 Å². The van der Waals surface area contributed by atoms with E-state index in [-0.39, 0.29) is 42.3 Å². The summed E-state index contributed by atoms with van der Waals surface area (Å²) in [5.74, 6) is 0.662. The standard InChI is InChI=1S/C34H45F3N8O4S/c1-32(2)22-24-8-3-4-17-38-18-5-6-19-39-26-9-7-10-29(40-26)50(47,48)43-31(46)25-11-12-27(41-30(25)44(32)23-24)45-20-13-28(42-45)49-21-16-33(14-15-33)34(35,36)37/h7,9-13,20,24,38H,3-6,8,14-19,21-23H2,1-2H3,(H,39,40)(H,43,46). The molecule has 3 aromatic rings. The van der Waals surface area contributed by atoms with Crippen LogP contribution in [0.15, 0.2) is 47.6 Å². The molecular weight excluding hydrogens is 673 g/mol. The van der Waals surface area contributed by atoms with E-state index in [0.717, 1.165) is 51.6 Å². The number of hydrogen-bond donors (Lipinski definition) is 3. The molecule has 4 bridgehead atoms. The molecule has 1 amide bonds. The molecule has 1 saturated carbocycles. The van der Waals surface area contributed by atoms with Crippen molar-refractivity contribution in [2.75, 3.05) is 43.0 Å². The summed E-state index contributed by atoms with van der Waals surface area (Å²) in [6, 6.07) is 9.19. The fraction of sp³-hybridized carbons (Fsp3) is 0.588. The first-order valence-electron chi connectivity index (χ1n) is 17.3. The van der Waals surface area contributed by atoms with Crippen LogP contribution in [-0.2, 0) is 10.0 Å². The number of amides is 1. The minimum absolute atomic E-state index is 0.0703. The number of ether oxygens (including phenoxy) is 1. The molecule has 50 heavy (non-hydrogen) atoms. The lowest BCUT2D eigenvalue weighted by Gasteiger charge is -2.34. The van der Waals surface area contributed by atoms with Gasteiger partial charge in [0.15, 0.2) is 10.8 Å². The van der Waals surface area contributed by atoms with Crippen LogP contribution >= 0.6 is 0 Å². The van der Waals surface area contributed by atoms with E-state index in [1.54, 1.807) is 30.5 Å². The third-order valence-corrected chi connectivity index (χ3v) is 11.2. The Morgan fingerprint density at radius 2 is 1.76 bits per heavy atom. The minimum atomic E-state index is -4.34. The smallest absolute Gasteiger partial charge is 0.394 e. The quantitative estimate of drug-likeness (QED) is 0.311. The minimum Gasteiger partial charge on any atom is -0.477 e. The van der Waals surface area contributed by atoms with Crippen molar-refractivity contribution < 1.29 is 31.1 Å². The number of fused-ring (bicyclic) bond motifs is 6. The second kappa shape index (κ2) is 14.4. The highest BCUT2D eigenvalue weighted by Gasteiger charge is 2.62. The number of nitrogens with zero attached hydrogens (tertiary/aromatic N) is 5. The van der Waals surface area contributed by atoms with E-state index in [0.29, 0.717) is 36.5 Å². The van der Waals surface area contributed by atoms with Crippen molar-refractivity contribution in [3.63, 3.8) is 0 Å². The summed E-state index contributed by atoms with van der Waals surface area (Å²) in [5, 5.41) is 10.8. The maximum absolute atomic E-state index is 13.8. The van der Waals surface area contributed by atoms with Crippen molar-refractivity contribution in [1.29, 1.82) is 0 Å². The highest BCUT2D eigenvalue weighted by Crippen LogP contribution is 2.59. The van der Waals surface area contributed by atoms with Crippen molar-refractivity contribution in [2.45, 2.75) is 88.4 Å². The van der Waals surface area contributed by atoms with Gasteiger partial charge in [0.25, 0.3) is 15.9 Å². The van der Waals surface area contributed by atoms with Crippen molar-refractivity contribution in [1.82, 2.24) is 29.8 Å². The molecule has 16 heteroatoms. The maximum Gasteiger partial charge on any atom is 0.394 e. The summed E-state index contributed by atoms with van der Waals surface area (Å²) < 4.78 is 76.1. The molecule has 3 aliphatic rings. The molecule has 1 aliphatic carbocycles. The number of alkyl halides is 3. The number of anilines is 2. The molecule has 3 N–H and O–H groups in total. The largest absolute Gasteiger partial charge is 0.477 e. The molecule has 6 rings (SSSR count). The Hall–Kier alpha value is -3.92. The second-order valence-electron chi connectivity index (χ2n) is 14.2. The average Bonchev–Trinajstić information content (AvgIpc) is 3.61. The second-order valence-corrected chi connectivity index (χ2v) is 15.8. The normalized spacial score (nSPS) is 22.4. The fourth-order valence-electron chi connectivity index (χ4n) is 6.88. The highest BCUT2D eigenvalue weighted by atomic mass is 32.2. The van der Waals surface area contributed by atoms with Crippen molar-refractivity contribution >= 4 is 27.6 Å². The van der Waals surface area contributed by atoms with Crippen LogP contribution in [-0.4, -0.2) is 78.6 Å². The zero-order chi connectivity index (χ0) is 35.6. The molecule has 2 fully saturated rings. The summed E-state index contributed by atoms with van der Waals surface area (Å²) >= 11 is 0. The van der Waals surface area contributed by atoms with E-state index in [9.17, 15) is 26.4 Å². The van der Waals surface area contributed by atoms with Gasteiger partial charge in [0.2, 0.25) is 5.88 Å². The first kappa shape index (κ1) is 35.9. The monoisotopic (exact) mass is 718 g/mol. The zero-order valence-corrected chi connectivity index (χ0v) is 29.2. The van der Waals surface area contributed by atoms with Crippen LogP contribution < -0.4 is 25.0 Å². The maximum atomic E-state index is 13.8. The number of sulfonamides is 1. The van der Waals surface area contributed by atoms with Crippen molar-refractivity contribution in [3.8, 4) is 11.7 Å². The third-order valence-electron chi connectivity index (χ3n) is 9.93. The van der Waals surface area contributed by atoms with Crippen LogP contribution in [0.3, 0.4) is 0 Å². The molecule has 272 valence electrons. The van der Waals surface area contributed by atoms with Gasteiger partial charge in [-0.15, -0.1) is 5.10 Å². The summed E-state index contributed by atoms with van der Waals surface area (Å²) in [6.45, 7) is 7.10. The van der Waals surface area contributed by atoms with Crippen LogP contribution in [0.25, 0.3) is 5.82 Å². The topological polar surface area (TPSA) is 143 Å². The Balaban J connectivity index is 1.28. The number of carbonyl (C=O) groups is 1.